The highest BCUT2D eigenvalue weighted by Crippen LogP contribution is 2.28. The molecule has 1 atom stereocenters. The summed E-state index contributed by atoms with van der Waals surface area (Å²) in [5.41, 5.74) is 3.75. The topological polar surface area (TPSA) is 57.7 Å². The highest BCUT2D eigenvalue weighted by Gasteiger charge is 2.35. The molecule has 1 heterocycles. The number of carbonyl (C=O) groups is 1. The summed E-state index contributed by atoms with van der Waals surface area (Å²) < 4.78 is 28.5. The number of aryl methyl sites for hydroxylation is 2. The van der Waals surface area contributed by atoms with Gasteiger partial charge in [0.15, 0.2) is 0 Å². The van der Waals surface area contributed by atoms with Crippen LogP contribution in [0, 0.1) is 19.8 Å². The van der Waals surface area contributed by atoms with Crippen molar-refractivity contribution in [1.29, 1.82) is 0 Å². The van der Waals surface area contributed by atoms with Gasteiger partial charge in [-0.1, -0.05) is 72.8 Å². The highest BCUT2D eigenvalue weighted by molar-refractivity contribution is 7.89. The van der Waals surface area contributed by atoms with E-state index >= 15 is 0 Å². The fraction of sp³-hybridized carbons (Fsp3) is 0.321. The van der Waals surface area contributed by atoms with Crippen LogP contribution in [-0.4, -0.2) is 36.6 Å². The quantitative estimate of drug-likeness (QED) is 0.486. The lowest BCUT2D eigenvalue weighted by atomic mass is 9.97. The average Bonchev–Trinajstić information content (AvgIpc) is 2.86. The zero-order chi connectivity index (χ0) is 24.1. The van der Waals surface area contributed by atoms with E-state index in [1.807, 2.05) is 91.5 Å². The predicted octanol–water partition coefficient (Wildman–Crippen LogP) is 4.93. The molecule has 1 amide bonds. The fourth-order valence-electron chi connectivity index (χ4n) is 4.56. The first-order chi connectivity index (χ1) is 16.3. The third-order valence-corrected chi connectivity index (χ3v) is 8.45. The molecule has 1 unspecified atom stereocenters. The van der Waals surface area contributed by atoms with Crippen molar-refractivity contribution in [2.45, 2.75) is 44.7 Å². The lowest BCUT2D eigenvalue weighted by Crippen LogP contribution is -2.46. The molecular formula is C28H32N2O3S. The number of piperidine rings is 1. The van der Waals surface area contributed by atoms with Crippen molar-refractivity contribution >= 4 is 15.9 Å². The maximum Gasteiger partial charge on any atom is 0.243 e. The second-order valence-electron chi connectivity index (χ2n) is 9.14. The Hall–Kier alpha value is -2.96. The van der Waals surface area contributed by atoms with Gasteiger partial charge in [0.2, 0.25) is 15.9 Å². The van der Waals surface area contributed by atoms with E-state index in [2.05, 4.69) is 0 Å². The van der Waals surface area contributed by atoms with Gasteiger partial charge >= 0.3 is 0 Å². The van der Waals surface area contributed by atoms with E-state index in [9.17, 15) is 13.2 Å². The van der Waals surface area contributed by atoms with E-state index < -0.39 is 10.0 Å². The normalized spacial score (nSPS) is 16.8. The molecular weight excluding hydrogens is 444 g/mol. The summed E-state index contributed by atoms with van der Waals surface area (Å²) in [5.74, 6) is -0.352. The SMILES string of the molecule is Cc1ccc(C)c(S(=O)(=O)N2CCCC(C(=O)N(Cc3ccccc3)Cc3ccccc3)C2)c1. The van der Waals surface area contributed by atoms with Crippen LogP contribution in [0.5, 0.6) is 0 Å². The van der Waals surface area contributed by atoms with Crippen molar-refractivity contribution in [2.24, 2.45) is 5.92 Å². The summed E-state index contributed by atoms with van der Waals surface area (Å²) in [7, 11) is -3.66. The van der Waals surface area contributed by atoms with Crippen molar-refractivity contribution in [3.8, 4) is 0 Å². The van der Waals surface area contributed by atoms with Crippen LogP contribution in [0.1, 0.15) is 35.1 Å². The van der Waals surface area contributed by atoms with E-state index in [1.165, 1.54) is 4.31 Å². The van der Waals surface area contributed by atoms with Gasteiger partial charge in [0, 0.05) is 26.2 Å². The Bertz CT molecular complexity index is 1190. The van der Waals surface area contributed by atoms with Crippen molar-refractivity contribution in [3.05, 3.63) is 101 Å². The lowest BCUT2D eigenvalue weighted by Gasteiger charge is -2.35. The average molecular weight is 477 g/mol. The fourth-order valence-corrected chi connectivity index (χ4v) is 6.40. The van der Waals surface area contributed by atoms with Crippen molar-refractivity contribution < 1.29 is 13.2 Å². The molecule has 1 saturated heterocycles. The summed E-state index contributed by atoms with van der Waals surface area (Å²) >= 11 is 0. The second-order valence-corrected chi connectivity index (χ2v) is 11.0. The largest absolute Gasteiger partial charge is 0.334 e. The molecule has 0 bridgehead atoms. The van der Waals surface area contributed by atoms with Gasteiger partial charge in [0.05, 0.1) is 10.8 Å². The number of hydrogen-bond donors (Lipinski definition) is 0. The Labute approximate surface area is 203 Å². The Morgan fingerprint density at radius 2 is 1.50 bits per heavy atom. The number of sulfonamides is 1. The van der Waals surface area contributed by atoms with Crippen LogP contribution >= 0.6 is 0 Å². The number of nitrogens with zero attached hydrogens (tertiary/aromatic N) is 2. The van der Waals surface area contributed by atoms with Gasteiger partial charge in [-0.15, -0.1) is 0 Å². The minimum absolute atomic E-state index is 0.00794. The molecule has 1 fully saturated rings. The minimum atomic E-state index is -3.66. The number of carbonyl (C=O) groups excluding carboxylic acids is 1. The summed E-state index contributed by atoms with van der Waals surface area (Å²) in [4.78, 5) is 15.9. The number of benzene rings is 3. The molecule has 34 heavy (non-hydrogen) atoms. The molecule has 0 aromatic heterocycles. The Balaban J connectivity index is 1.56. The smallest absolute Gasteiger partial charge is 0.243 e. The summed E-state index contributed by atoms with van der Waals surface area (Å²) in [5, 5.41) is 0. The van der Waals surface area contributed by atoms with Gasteiger partial charge in [0.25, 0.3) is 0 Å². The van der Waals surface area contributed by atoms with Crippen molar-refractivity contribution in [2.75, 3.05) is 13.1 Å². The maximum absolute atomic E-state index is 13.7. The van der Waals surface area contributed by atoms with Gasteiger partial charge in [-0.05, 0) is 55.0 Å². The van der Waals surface area contributed by atoms with Gasteiger partial charge in [-0.3, -0.25) is 4.79 Å². The van der Waals surface area contributed by atoms with E-state index in [4.69, 9.17) is 0 Å². The maximum atomic E-state index is 13.7. The molecule has 6 heteroatoms. The monoisotopic (exact) mass is 476 g/mol. The number of amides is 1. The van der Waals surface area contributed by atoms with Crippen LogP contribution in [0.3, 0.4) is 0 Å². The summed E-state index contributed by atoms with van der Waals surface area (Å²) in [6.07, 6.45) is 1.36. The van der Waals surface area contributed by atoms with Crippen LogP contribution in [0.2, 0.25) is 0 Å². The molecule has 1 aliphatic heterocycles. The first-order valence-electron chi connectivity index (χ1n) is 11.8. The molecule has 0 aliphatic carbocycles. The number of rotatable bonds is 7. The predicted molar refractivity (Wildman–Crippen MR) is 135 cm³/mol. The van der Waals surface area contributed by atoms with E-state index in [0.29, 0.717) is 37.4 Å². The Kier molecular flexibility index (Phi) is 7.49. The molecule has 0 saturated carbocycles. The standard InChI is InChI=1S/C28H32N2O3S/c1-22-15-16-23(2)27(18-22)34(32,33)30-17-9-14-26(21-30)28(31)29(19-24-10-5-3-6-11-24)20-25-12-7-4-8-13-25/h3-8,10-13,15-16,18,26H,9,14,17,19-21H2,1-2H3. The first-order valence-corrected chi connectivity index (χ1v) is 13.2. The molecule has 3 aromatic carbocycles. The van der Waals surface area contributed by atoms with Crippen LogP contribution in [-0.2, 0) is 27.9 Å². The summed E-state index contributed by atoms with van der Waals surface area (Å²) in [6.45, 7) is 5.36. The third-order valence-electron chi connectivity index (χ3n) is 6.44. The van der Waals surface area contributed by atoms with Gasteiger partial charge in [0.1, 0.15) is 0 Å². The van der Waals surface area contributed by atoms with Crippen molar-refractivity contribution in [1.82, 2.24) is 9.21 Å². The first kappa shape index (κ1) is 24.2. The molecule has 4 rings (SSSR count). The molecule has 0 N–H and O–H groups in total. The van der Waals surface area contributed by atoms with Gasteiger partial charge < -0.3 is 4.90 Å². The zero-order valence-electron chi connectivity index (χ0n) is 19.9. The number of hydrogen-bond acceptors (Lipinski definition) is 3. The Morgan fingerprint density at radius 3 is 2.09 bits per heavy atom. The van der Waals surface area contributed by atoms with Gasteiger partial charge in [-0.25, -0.2) is 8.42 Å². The summed E-state index contributed by atoms with van der Waals surface area (Å²) in [6, 6.07) is 25.4. The molecule has 5 nitrogen and oxygen atoms in total. The molecule has 0 radical (unpaired) electrons. The van der Waals surface area contributed by atoms with Crippen LogP contribution in [0.25, 0.3) is 0 Å². The second kappa shape index (κ2) is 10.5. The van der Waals surface area contributed by atoms with Crippen LogP contribution < -0.4 is 0 Å². The molecule has 0 spiro atoms. The van der Waals surface area contributed by atoms with E-state index in [1.54, 1.807) is 6.07 Å². The minimum Gasteiger partial charge on any atom is -0.334 e. The third kappa shape index (κ3) is 5.57. The molecule has 3 aromatic rings. The van der Waals surface area contributed by atoms with Gasteiger partial charge in [-0.2, -0.15) is 4.31 Å². The van der Waals surface area contributed by atoms with Crippen molar-refractivity contribution in [3.63, 3.8) is 0 Å². The highest BCUT2D eigenvalue weighted by atomic mass is 32.2. The lowest BCUT2D eigenvalue weighted by molar-refractivity contribution is -0.138. The molecule has 178 valence electrons. The van der Waals surface area contributed by atoms with Crippen LogP contribution in [0.4, 0.5) is 0 Å². The Morgan fingerprint density at radius 1 is 0.912 bits per heavy atom. The van der Waals surface area contributed by atoms with E-state index in [0.717, 1.165) is 22.3 Å². The van der Waals surface area contributed by atoms with Crippen LogP contribution in [0.15, 0.2) is 83.8 Å². The van der Waals surface area contributed by atoms with E-state index in [-0.39, 0.29) is 18.4 Å². The molecule has 1 aliphatic rings. The zero-order valence-corrected chi connectivity index (χ0v) is 20.7.